The largest absolute Gasteiger partial charge is 0.481 e. The van der Waals surface area contributed by atoms with Crippen LogP contribution in [0.1, 0.15) is 23.5 Å². The Morgan fingerprint density at radius 2 is 2.06 bits per heavy atom. The number of carbonyl (C=O) groups is 2. The lowest BCUT2D eigenvalue weighted by molar-refractivity contribution is -0.140. The van der Waals surface area contributed by atoms with Gasteiger partial charge in [-0.3, -0.25) is 4.79 Å². The minimum absolute atomic E-state index is 0.0283. The van der Waals surface area contributed by atoms with E-state index in [-0.39, 0.29) is 12.0 Å². The van der Waals surface area contributed by atoms with Gasteiger partial charge in [-0.25, -0.2) is 0 Å². The summed E-state index contributed by atoms with van der Waals surface area (Å²) in [6, 6.07) is 3.99. The second-order valence-corrected chi connectivity index (χ2v) is 3.42. The highest BCUT2D eigenvalue weighted by atomic mass is 19.4. The van der Waals surface area contributed by atoms with Gasteiger partial charge in [0.2, 0.25) is 0 Å². The van der Waals surface area contributed by atoms with Crippen molar-refractivity contribution in [2.45, 2.75) is 18.5 Å². The lowest BCUT2D eigenvalue weighted by Gasteiger charge is -2.12. The normalized spacial score (nSPS) is 13.1. The molecule has 0 saturated heterocycles. The van der Waals surface area contributed by atoms with Gasteiger partial charge in [-0.05, 0) is 11.6 Å². The fourth-order valence-electron chi connectivity index (χ4n) is 1.41. The maximum Gasteiger partial charge on any atom is 0.416 e. The highest BCUT2D eigenvalue weighted by Gasteiger charge is 2.31. The van der Waals surface area contributed by atoms with Crippen molar-refractivity contribution in [1.82, 2.24) is 0 Å². The molecule has 0 saturated carbocycles. The average molecular weight is 246 g/mol. The summed E-state index contributed by atoms with van der Waals surface area (Å²) in [6.07, 6.45) is -4.50. The van der Waals surface area contributed by atoms with Gasteiger partial charge in [-0.2, -0.15) is 13.2 Å². The van der Waals surface area contributed by atoms with E-state index in [1.54, 1.807) is 0 Å². The number of rotatable bonds is 4. The van der Waals surface area contributed by atoms with Gasteiger partial charge < -0.3 is 9.90 Å². The summed E-state index contributed by atoms with van der Waals surface area (Å²) in [5.41, 5.74) is -0.952. The first-order valence-electron chi connectivity index (χ1n) is 4.70. The maximum absolute atomic E-state index is 12.4. The lowest BCUT2D eigenvalue weighted by Crippen LogP contribution is -2.13. The number of carbonyl (C=O) groups excluding carboxylic acids is 1. The smallest absolute Gasteiger partial charge is 0.416 e. The zero-order valence-electron chi connectivity index (χ0n) is 8.57. The molecule has 0 amide bonds. The van der Waals surface area contributed by atoms with E-state index in [2.05, 4.69) is 0 Å². The molecule has 6 heteroatoms. The van der Waals surface area contributed by atoms with Gasteiger partial charge in [-0.1, -0.05) is 18.2 Å². The molecule has 1 N–H and O–H groups in total. The second kappa shape index (κ2) is 4.99. The van der Waals surface area contributed by atoms with Gasteiger partial charge in [0, 0.05) is 6.42 Å². The van der Waals surface area contributed by atoms with Gasteiger partial charge in [0.15, 0.2) is 0 Å². The highest BCUT2D eigenvalue weighted by molar-refractivity contribution is 5.79. The van der Waals surface area contributed by atoms with Crippen molar-refractivity contribution in [1.29, 1.82) is 0 Å². The molecule has 3 nitrogen and oxygen atoms in total. The molecular formula is C11H9F3O3. The first-order valence-corrected chi connectivity index (χ1v) is 4.70. The van der Waals surface area contributed by atoms with Crippen LogP contribution >= 0.6 is 0 Å². The van der Waals surface area contributed by atoms with Crippen LogP contribution in [0, 0.1) is 0 Å². The number of aliphatic carboxylic acids is 1. The molecule has 0 aliphatic carbocycles. The predicted octanol–water partition coefficient (Wildman–Crippen LogP) is 2.46. The average Bonchev–Trinajstić information content (AvgIpc) is 2.24. The van der Waals surface area contributed by atoms with E-state index in [0.717, 1.165) is 18.2 Å². The van der Waals surface area contributed by atoms with Gasteiger partial charge in [0.1, 0.15) is 6.29 Å². The standard InChI is InChI=1S/C11H9F3O3/c12-11(13,14)8-3-1-2-7(6-8)9(4-5-15)10(16)17/h1-3,5-6,9H,4H2,(H,16,17). The van der Waals surface area contributed by atoms with E-state index < -0.39 is 23.6 Å². The van der Waals surface area contributed by atoms with Crippen LogP contribution in [0.15, 0.2) is 24.3 Å². The van der Waals surface area contributed by atoms with Crippen LogP contribution < -0.4 is 0 Å². The van der Waals surface area contributed by atoms with E-state index in [9.17, 15) is 22.8 Å². The Morgan fingerprint density at radius 1 is 1.41 bits per heavy atom. The topological polar surface area (TPSA) is 54.4 Å². The second-order valence-electron chi connectivity index (χ2n) is 3.42. The number of benzene rings is 1. The summed E-state index contributed by atoms with van der Waals surface area (Å²) in [7, 11) is 0. The SMILES string of the molecule is O=CCC(C(=O)O)c1cccc(C(F)(F)F)c1. The molecule has 0 spiro atoms. The fraction of sp³-hybridized carbons (Fsp3) is 0.273. The molecule has 1 unspecified atom stereocenters. The van der Waals surface area contributed by atoms with Crippen molar-refractivity contribution in [3.63, 3.8) is 0 Å². The van der Waals surface area contributed by atoms with Crippen molar-refractivity contribution in [2.75, 3.05) is 0 Å². The number of hydrogen-bond acceptors (Lipinski definition) is 2. The molecule has 92 valence electrons. The Bertz CT molecular complexity index is 426. The molecule has 1 atom stereocenters. The predicted molar refractivity (Wildman–Crippen MR) is 52.5 cm³/mol. The van der Waals surface area contributed by atoms with Gasteiger partial charge in [0.05, 0.1) is 11.5 Å². The van der Waals surface area contributed by atoms with Crippen LogP contribution in [-0.2, 0) is 15.8 Å². The van der Waals surface area contributed by atoms with Crippen LogP contribution in [0.4, 0.5) is 13.2 Å². The summed E-state index contributed by atoms with van der Waals surface area (Å²) in [4.78, 5) is 21.1. The summed E-state index contributed by atoms with van der Waals surface area (Å²) < 4.78 is 37.2. The van der Waals surface area contributed by atoms with Crippen LogP contribution in [0.2, 0.25) is 0 Å². The summed E-state index contributed by atoms with van der Waals surface area (Å²) >= 11 is 0. The van der Waals surface area contributed by atoms with E-state index in [1.807, 2.05) is 0 Å². The quantitative estimate of drug-likeness (QED) is 0.830. The third-order valence-corrected chi connectivity index (χ3v) is 2.25. The summed E-state index contributed by atoms with van der Waals surface area (Å²) in [6.45, 7) is 0. The van der Waals surface area contributed by atoms with Crippen LogP contribution in [0.5, 0.6) is 0 Å². The van der Waals surface area contributed by atoms with Gasteiger partial charge >= 0.3 is 12.1 Å². The van der Waals surface area contributed by atoms with Crippen LogP contribution in [0.25, 0.3) is 0 Å². The third-order valence-electron chi connectivity index (χ3n) is 2.25. The lowest BCUT2D eigenvalue weighted by atomic mass is 9.95. The van der Waals surface area contributed by atoms with Crippen molar-refractivity contribution in [2.24, 2.45) is 0 Å². The molecule has 0 aliphatic rings. The zero-order valence-corrected chi connectivity index (χ0v) is 8.57. The highest BCUT2D eigenvalue weighted by Crippen LogP contribution is 2.31. The van der Waals surface area contributed by atoms with Crippen molar-refractivity contribution >= 4 is 12.3 Å². The Labute approximate surface area is 94.9 Å². The van der Waals surface area contributed by atoms with Crippen molar-refractivity contribution < 1.29 is 27.9 Å². The number of halogens is 3. The number of carboxylic acid groups (broad SMARTS) is 1. The minimum atomic E-state index is -4.53. The van der Waals surface area contributed by atoms with Gasteiger partial charge in [0.25, 0.3) is 0 Å². The molecule has 1 rings (SSSR count). The number of alkyl halides is 3. The van der Waals surface area contributed by atoms with Crippen LogP contribution in [-0.4, -0.2) is 17.4 Å². The Hall–Kier alpha value is -1.85. The fourth-order valence-corrected chi connectivity index (χ4v) is 1.41. The van der Waals surface area contributed by atoms with Crippen molar-refractivity contribution in [3.05, 3.63) is 35.4 Å². The molecule has 0 aromatic heterocycles. The number of carboxylic acids is 1. The van der Waals surface area contributed by atoms with E-state index >= 15 is 0 Å². The molecule has 0 radical (unpaired) electrons. The van der Waals surface area contributed by atoms with E-state index in [1.165, 1.54) is 6.07 Å². The third kappa shape index (κ3) is 3.30. The van der Waals surface area contributed by atoms with Crippen molar-refractivity contribution in [3.8, 4) is 0 Å². The first kappa shape index (κ1) is 13.2. The molecule has 0 bridgehead atoms. The Morgan fingerprint density at radius 3 is 2.53 bits per heavy atom. The van der Waals surface area contributed by atoms with E-state index in [0.29, 0.717) is 6.29 Å². The molecular weight excluding hydrogens is 237 g/mol. The molecule has 1 aromatic rings. The number of hydrogen-bond donors (Lipinski definition) is 1. The monoisotopic (exact) mass is 246 g/mol. The Kier molecular flexibility index (Phi) is 3.88. The first-order chi connectivity index (χ1) is 7.86. The molecule has 1 aromatic carbocycles. The molecule has 0 aliphatic heterocycles. The Balaban J connectivity index is 3.13. The molecule has 0 heterocycles. The maximum atomic E-state index is 12.4. The minimum Gasteiger partial charge on any atom is -0.481 e. The molecule has 17 heavy (non-hydrogen) atoms. The van der Waals surface area contributed by atoms with Crippen LogP contribution in [0.3, 0.4) is 0 Å². The zero-order chi connectivity index (χ0) is 13.1. The van der Waals surface area contributed by atoms with E-state index in [4.69, 9.17) is 5.11 Å². The molecule has 0 fully saturated rings. The summed E-state index contributed by atoms with van der Waals surface area (Å²) in [5, 5.41) is 8.81. The summed E-state index contributed by atoms with van der Waals surface area (Å²) in [5.74, 6) is -2.56. The number of aldehydes is 1. The van der Waals surface area contributed by atoms with Gasteiger partial charge in [-0.15, -0.1) is 0 Å².